The van der Waals surface area contributed by atoms with Crippen LogP contribution in [-0.2, 0) is 11.2 Å². The van der Waals surface area contributed by atoms with Crippen molar-refractivity contribution in [2.24, 2.45) is 0 Å². The normalized spacial score (nSPS) is 12.3. The van der Waals surface area contributed by atoms with Gasteiger partial charge >= 0.3 is 18.1 Å². The minimum absolute atomic E-state index is 0.344. The number of benzene rings is 1. The SMILES string of the molecule is CCc1cccc(OC(=O)C(F)(F)C(F)(F)F)c1. The molecule has 18 heavy (non-hydrogen) atoms. The molecule has 0 N–H and O–H groups in total. The number of alkyl halides is 5. The van der Waals surface area contributed by atoms with Crippen molar-refractivity contribution in [1.29, 1.82) is 0 Å². The molecular weight excluding hydrogens is 259 g/mol. The smallest absolute Gasteiger partial charge is 0.422 e. The van der Waals surface area contributed by atoms with Crippen LogP contribution in [0.15, 0.2) is 24.3 Å². The molecule has 2 nitrogen and oxygen atoms in total. The molecule has 0 radical (unpaired) electrons. The molecule has 0 atom stereocenters. The molecular formula is C11H9F5O2. The molecule has 1 rings (SSSR count). The lowest BCUT2D eigenvalue weighted by molar-refractivity contribution is -0.276. The maximum Gasteiger partial charge on any atom is 0.465 e. The van der Waals surface area contributed by atoms with E-state index in [1.165, 1.54) is 12.1 Å². The zero-order chi connectivity index (χ0) is 14.0. The molecule has 100 valence electrons. The largest absolute Gasteiger partial charge is 0.465 e. The first-order valence-corrected chi connectivity index (χ1v) is 4.94. The highest BCUT2D eigenvalue weighted by Crippen LogP contribution is 2.36. The van der Waals surface area contributed by atoms with Crippen molar-refractivity contribution in [3.05, 3.63) is 29.8 Å². The molecule has 1 aromatic carbocycles. The summed E-state index contributed by atoms with van der Waals surface area (Å²) in [5, 5.41) is 0. The molecule has 0 heterocycles. The van der Waals surface area contributed by atoms with Gasteiger partial charge in [0, 0.05) is 0 Å². The third-order valence-corrected chi connectivity index (χ3v) is 2.13. The Kier molecular flexibility index (Phi) is 3.93. The minimum atomic E-state index is -5.97. The van der Waals surface area contributed by atoms with E-state index in [1.807, 2.05) is 0 Å². The van der Waals surface area contributed by atoms with Crippen molar-refractivity contribution in [3.63, 3.8) is 0 Å². The Morgan fingerprint density at radius 3 is 2.33 bits per heavy atom. The molecule has 0 saturated heterocycles. The second kappa shape index (κ2) is 4.91. The predicted molar refractivity (Wildman–Crippen MR) is 52.5 cm³/mol. The molecule has 1 aromatic rings. The zero-order valence-corrected chi connectivity index (χ0v) is 9.22. The fourth-order valence-electron chi connectivity index (χ4n) is 1.12. The van der Waals surface area contributed by atoms with Crippen molar-refractivity contribution in [1.82, 2.24) is 0 Å². The molecule has 0 aliphatic heterocycles. The van der Waals surface area contributed by atoms with E-state index in [0.717, 1.165) is 6.07 Å². The second-order valence-corrected chi connectivity index (χ2v) is 3.46. The Balaban J connectivity index is 2.88. The Labute approximate surface area is 99.4 Å². The lowest BCUT2D eigenvalue weighted by atomic mass is 10.2. The van der Waals surface area contributed by atoms with Gasteiger partial charge in [0.15, 0.2) is 0 Å². The number of aryl methyl sites for hydroxylation is 1. The number of esters is 1. The number of rotatable bonds is 3. The van der Waals surface area contributed by atoms with Crippen LogP contribution in [0.3, 0.4) is 0 Å². The molecule has 0 fully saturated rings. The van der Waals surface area contributed by atoms with Gasteiger partial charge in [-0.2, -0.15) is 22.0 Å². The summed E-state index contributed by atoms with van der Waals surface area (Å²) in [7, 11) is 0. The number of carbonyl (C=O) groups is 1. The minimum Gasteiger partial charge on any atom is -0.422 e. The Morgan fingerprint density at radius 1 is 1.22 bits per heavy atom. The van der Waals surface area contributed by atoms with Gasteiger partial charge in [0.2, 0.25) is 0 Å². The molecule has 0 spiro atoms. The fraction of sp³-hybridized carbons (Fsp3) is 0.364. The second-order valence-electron chi connectivity index (χ2n) is 3.46. The van der Waals surface area contributed by atoms with Gasteiger partial charge in [-0.15, -0.1) is 0 Å². The van der Waals surface area contributed by atoms with Crippen LogP contribution in [0.2, 0.25) is 0 Å². The van der Waals surface area contributed by atoms with E-state index in [0.29, 0.717) is 12.0 Å². The molecule has 7 heteroatoms. The molecule has 0 saturated carbocycles. The van der Waals surface area contributed by atoms with Gasteiger partial charge in [0.1, 0.15) is 5.75 Å². The maximum atomic E-state index is 12.6. The number of halogens is 5. The van der Waals surface area contributed by atoms with E-state index in [2.05, 4.69) is 4.74 Å². The van der Waals surface area contributed by atoms with E-state index >= 15 is 0 Å². The maximum absolute atomic E-state index is 12.6. The number of hydrogen-bond donors (Lipinski definition) is 0. The number of carbonyl (C=O) groups excluding carboxylic acids is 1. The lowest BCUT2D eigenvalue weighted by Crippen LogP contribution is -2.46. The van der Waals surface area contributed by atoms with Gasteiger partial charge in [-0.1, -0.05) is 19.1 Å². The van der Waals surface area contributed by atoms with Crippen LogP contribution >= 0.6 is 0 Å². The van der Waals surface area contributed by atoms with Gasteiger partial charge in [-0.3, -0.25) is 0 Å². The lowest BCUT2D eigenvalue weighted by Gasteiger charge is -2.17. The van der Waals surface area contributed by atoms with Crippen molar-refractivity contribution in [3.8, 4) is 5.75 Å². The van der Waals surface area contributed by atoms with Crippen LogP contribution in [0.1, 0.15) is 12.5 Å². The van der Waals surface area contributed by atoms with Gasteiger partial charge in [0.25, 0.3) is 0 Å². The first-order chi connectivity index (χ1) is 8.18. The summed E-state index contributed by atoms with van der Waals surface area (Å²) in [5.74, 6) is -8.50. The van der Waals surface area contributed by atoms with Crippen LogP contribution in [0.25, 0.3) is 0 Å². The van der Waals surface area contributed by atoms with E-state index in [1.54, 1.807) is 13.0 Å². The summed E-state index contributed by atoms with van der Waals surface area (Å²) < 4.78 is 64.9. The predicted octanol–water partition coefficient (Wildman–Crippen LogP) is 3.35. The standard InChI is InChI=1S/C11H9F5O2/c1-2-7-4-3-5-8(6-7)18-9(17)10(12,13)11(14,15)16/h3-6H,2H2,1H3. The van der Waals surface area contributed by atoms with Gasteiger partial charge < -0.3 is 4.74 Å². The van der Waals surface area contributed by atoms with E-state index < -0.39 is 18.1 Å². The molecule has 0 bridgehead atoms. The van der Waals surface area contributed by atoms with Crippen molar-refractivity contribution in [2.75, 3.05) is 0 Å². The molecule has 0 aromatic heterocycles. The van der Waals surface area contributed by atoms with Crippen LogP contribution in [-0.4, -0.2) is 18.1 Å². The molecule has 0 unspecified atom stereocenters. The van der Waals surface area contributed by atoms with E-state index in [4.69, 9.17) is 0 Å². The average Bonchev–Trinajstić information content (AvgIpc) is 2.27. The summed E-state index contributed by atoms with van der Waals surface area (Å²) in [6.45, 7) is 1.76. The quantitative estimate of drug-likeness (QED) is 0.477. The van der Waals surface area contributed by atoms with E-state index in [9.17, 15) is 26.7 Å². The fourth-order valence-corrected chi connectivity index (χ4v) is 1.12. The summed E-state index contributed by atoms with van der Waals surface area (Å²) >= 11 is 0. The van der Waals surface area contributed by atoms with Crippen molar-refractivity contribution in [2.45, 2.75) is 25.4 Å². The van der Waals surface area contributed by atoms with Crippen LogP contribution in [0.5, 0.6) is 5.75 Å². The van der Waals surface area contributed by atoms with E-state index in [-0.39, 0.29) is 5.75 Å². The molecule has 0 aliphatic carbocycles. The van der Waals surface area contributed by atoms with Gasteiger partial charge in [-0.25, -0.2) is 4.79 Å². The zero-order valence-electron chi connectivity index (χ0n) is 9.22. The average molecular weight is 268 g/mol. The summed E-state index contributed by atoms with van der Waals surface area (Å²) in [6.07, 6.45) is -5.44. The first kappa shape index (κ1) is 14.4. The number of hydrogen-bond acceptors (Lipinski definition) is 2. The molecule has 0 amide bonds. The van der Waals surface area contributed by atoms with Gasteiger partial charge in [-0.05, 0) is 24.1 Å². The Morgan fingerprint density at radius 2 is 1.83 bits per heavy atom. The Hall–Kier alpha value is -1.66. The van der Waals surface area contributed by atoms with Crippen LogP contribution < -0.4 is 4.74 Å². The highest BCUT2D eigenvalue weighted by molar-refractivity contribution is 5.80. The third kappa shape index (κ3) is 2.96. The third-order valence-electron chi connectivity index (χ3n) is 2.13. The van der Waals surface area contributed by atoms with Gasteiger partial charge in [0.05, 0.1) is 0 Å². The monoisotopic (exact) mass is 268 g/mol. The van der Waals surface area contributed by atoms with Crippen LogP contribution in [0.4, 0.5) is 22.0 Å². The van der Waals surface area contributed by atoms with Crippen molar-refractivity contribution >= 4 is 5.97 Å². The summed E-state index contributed by atoms with van der Waals surface area (Å²) in [6, 6.07) is 5.38. The summed E-state index contributed by atoms with van der Waals surface area (Å²) in [4.78, 5) is 10.8. The highest BCUT2D eigenvalue weighted by Gasteiger charge is 2.65. The summed E-state index contributed by atoms with van der Waals surface area (Å²) in [5.41, 5.74) is 0.649. The first-order valence-electron chi connectivity index (χ1n) is 4.94. The van der Waals surface area contributed by atoms with Crippen molar-refractivity contribution < 1.29 is 31.5 Å². The highest BCUT2D eigenvalue weighted by atomic mass is 19.4. The number of ether oxygens (including phenoxy) is 1. The topological polar surface area (TPSA) is 26.3 Å². The molecule has 0 aliphatic rings. The Bertz CT molecular complexity index is 439. The van der Waals surface area contributed by atoms with Crippen LogP contribution in [0, 0.1) is 0 Å².